The Bertz CT molecular complexity index is 2440. The molecule has 0 N–H and O–H groups in total. The van der Waals surface area contributed by atoms with Crippen LogP contribution in [0.3, 0.4) is 0 Å². The number of pyridine rings is 2. The topological polar surface area (TPSA) is 46.7 Å². The molecule has 1 aliphatic heterocycles. The summed E-state index contributed by atoms with van der Waals surface area (Å²) in [7, 11) is 0. The summed E-state index contributed by atoms with van der Waals surface area (Å²) in [6.45, 7) is 0. The third kappa shape index (κ3) is 3.60. The van der Waals surface area contributed by atoms with Gasteiger partial charge in [-0.3, -0.25) is 19.2 Å². The molecule has 8 aromatic rings. The Hall–Kier alpha value is -5.61. The molecule has 1 aliphatic rings. The van der Waals surface area contributed by atoms with E-state index >= 15 is 0 Å². The van der Waals surface area contributed by atoms with Crippen LogP contribution in [0.25, 0.3) is 49.2 Å². The molecule has 0 amide bonds. The summed E-state index contributed by atoms with van der Waals surface area (Å²) in [5.74, 6) is 0.278. The quantitative estimate of drug-likeness (QED) is 0.206. The Morgan fingerprint density at radius 3 is 2.21 bits per heavy atom. The van der Waals surface area contributed by atoms with Gasteiger partial charge in [0.25, 0.3) is 5.56 Å². The first kappa shape index (κ1) is 24.0. The van der Waals surface area contributed by atoms with Crippen molar-refractivity contribution in [3.63, 3.8) is 0 Å². The zero-order chi connectivity index (χ0) is 28.5. The molecular formula is C39H25N3O. The molecule has 0 aliphatic carbocycles. The number of nitrogens with zero attached hydrogens (tertiary/aromatic N) is 3. The van der Waals surface area contributed by atoms with Gasteiger partial charge in [0.05, 0.1) is 22.2 Å². The van der Waals surface area contributed by atoms with Gasteiger partial charge in [-0.15, -0.1) is 0 Å². The van der Waals surface area contributed by atoms with Crippen molar-refractivity contribution in [3.05, 3.63) is 161 Å². The number of hydrogen-bond donors (Lipinski definition) is 0. The van der Waals surface area contributed by atoms with Crippen molar-refractivity contribution in [3.8, 4) is 11.1 Å². The first-order chi connectivity index (χ1) is 21.2. The van der Waals surface area contributed by atoms with Gasteiger partial charge in [-0.25, -0.2) is 0 Å². The number of benzene rings is 5. The second kappa shape index (κ2) is 9.20. The monoisotopic (exact) mass is 551 g/mol. The molecule has 43 heavy (non-hydrogen) atoms. The highest BCUT2D eigenvalue weighted by Gasteiger charge is 2.25. The average molecular weight is 552 g/mol. The van der Waals surface area contributed by atoms with Gasteiger partial charge in [0.15, 0.2) is 0 Å². The van der Waals surface area contributed by atoms with Crippen LogP contribution in [0.15, 0.2) is 143 Å². The maximum Gasteiger partial charge on any atom is 0.263 e. The molecule has 9 rings (SSSR count). The van der Waals surface area contributed by atoms with Gasteiger partial charge in [0.2, 0.25) is 0 Å². The van der Waals surface area contributed by atoms with Gasteiger partial charge < -0.3 is 0 Å². The number of rotatable bonds is 3. The van der Waals surface area contributed by atoms with Crippen molar-refractivity contribution in [2.24, 2.45) is 4.99 Å². The predicted octanol–water partition coefficient (Wildman–Crippen LogP) is 8.92. The van der Waals surface area contributed by atoms with Gasteiger partial charge in [0, 0.05) is 45.8 Å². The molecule has 4 heteroatoms. The minimum atomic E-state index is -0.00293. The molecule has 1 unspecified atom stereocenters. The molecule has 0 saturated carbocycles. The molecule has 0 saturated heterocycles. The molecule has 5 aromatic carbocycles. The maximum atomic E-state index is 13.6. The average Bonchev–Trinajstić information content (AvgIpc) is 3.42. The van der Waals surface area contributed by atoms with E-state index in [0.717, 1.165) is 67.2 Å². The van der Waals surface area contributed by atoms with Gasteiger partial charge >= 0.3 is 0 Å². The Morgan fingerprint density at radius 1 is 0.628 bits per heavy atom. The summed E-state index contributed by atoms with van der Waals surface area (Å²) in [6.07, 6.45) is 2.71. The summed E-state index contributed by atoms with van der Waals surface area (Å²) < 4.78 is 1.84. The highest BCUT2D eigenvalue weighted by molar-refractivity contribution is 6.19. The SMILES string of the molecule is O=c1c2ccccc2c2nccc3c4cc(-c5ccc(C6=Nc7ccccc7C(c7ccccc7)C6)cc5)ccc4n1c32. The van der Waals surface area contributed by atoms with Gasteiger partial charge in [0.1, 0.15) is 0 Å². The molecule has 0 fully saturated rings. The lowest BCUT2D eigenvalue weighted by Gasteiger charge is -2.25. The first-order valence-electron chi connectivity index (χ1n) is 14.6. The van der Waals surface area contributed by atoms with E-state index < -0.39 is 0 Å². The molecule has 4 heterocycles. The molecule has 4 nitrogen and oxygen atoms in total. The van der Waals surface area contributed by atoms with E-state index in [1.807, 2.05) is 40.9 Å². The van der Waals surface area contributed by atoms with Crippen molar-refractivity contribution < 1.29 is 0 Å². The fourth-order valence-corrected chi connectivity index (χ4v) is 6.95. The van der Waals surface area contributed by atoms with E-state index in [9.17, 15) is 4.79 Å². The zero-order valence-electron chi connectivity index (χ0n) is 23.2. The molecule has 0 radical (unpaired) electrons. The van der Waals surface area contributed by atoms with Crippen LogP contribution in [0.2, 0.25) is 0 Å². The smallest absolute Gasteiger partial charge is 0.263 e. The Kier molecular flexibility index (Phi) is 5.14. The van der Waals surface area contributed by atoms with E-state index in [1.54, 1.807) is 0 Å². The lowest BCUT2D eigenvalue weighted by atomic mass is 9.82. The van der Waals surface area contributed by atoms with Crippen LogP contribution >= 0.6 is 0 Å². The minimum absolute atomic E-state index is 0.00293. The molecular weight excluding hydrogens is 526 g/mol. The Balaban J connectivity index is 1.14. The zero-order valence-corrected chi connectivity index (χ0v) is 23.2. The first-order valence-corrected chi connectivity index (χ1v) is 14.6. The highest BCUT2D eigenvalue weighted by Crippen LogP contribution is 2.40. The van der Waals surface area contributed by atoms with E-state index in [0.29, 0.717) is 5.39 Å². The fraction of sp³-hybridized carbons (Fsp3) is 0.0513. The largest absolute Gasteiger partial charge is 0.273 e. The number of aromatic nitrogens is 2. The van der Waals surface area contributed by atoms with Gasteiger partial charge in [-0.05, 0) is 58.1 Å². The summed E-state index contributed by atoms with van der Waals surface area (Å²) in [6, 6.07) is 44.1. The standard InChI is InChI=1S/C39H25N3O/c43-39-31-12-5-4-11-29(31)37-38-30(20-21-40-37)33-22-27(18-19-36(33)42(38)39)24-14-16-26(17-15-24)35-23-32(25-8-2-1-3-9-25)28-10-6-7-13-34(28)41-35/h1-22,32H,23H2. The van der Waals surface area contributed by atoms with Crippen LogP contribution in [0.5, 0.6) is 0 Å². The summed E-state index contributed by atoms with van der Waals surface area (Å²) in [5, 5.41) is 3.69. The van der Waals surface area contributed by atoms with Crippen molar-refractivity contribution in [1.82, 2.24) is 9.38 Å². The molecule has 202 valence electrons. The number of para-hydroxylation sites is 1. The summed E-state index contributed by atoms with van der Waals surface area (Å²) in [4.78, 5) is 23.4. The third-order valence-corrected chi connectivity index (χ3v) is 9.01. The van der Waals surface area contributed by atoms with Gasteiger partial charge in [-0.2, -0.15) is 0 Å². The lowest BCUT2D eigenvalue weighted by Crippen LogP contribution is -2.14. The normalized spacial score (nSPS) is 14.9. The van der Waals surface area contributed by atoms with E-state index in [4.69, 9.17) is 9.98 Å². The predicted molar refractivity (Wildman–Crippen MR) is 176 cm³/mol. The van der Waals surface area contributed by atoms with Crippen LogP contribution in [-0.2, 0) is 0 Å². The molecule has 1 atom stereocenters. The number of hydrogen-bond acceptors (Lipinski definition) is 3. The van der Waals surface area contributed by atoms with Crippen molar-refractivity contribution in [2.75, 3.05) is 0 Å². The lowest BCUT2D eigenvalue weighted by molar-refractivity contribution is 0.840. The summed E-state index contributed by atoms with van der Waals surface area (Å²) >= 11 is 0. The van der Waals surface area contributed by atoms with E-state index in [-0.39, 0.29) is 11.5 Å². The minimum Gasteiger partial charge on any atom is -0.273 e. The molecule has 0 bridgehead atoms. The molecule has 3 aromatic heterocycles. The molecule has 0 spiro atoms. The van der Waals surface area contributed by atoms with Crippen LogP contribution in [0.1, 0.15) is 29.0 Å². The van der Waals surface area contributed by atoms with Crippen LogP contribution in [0.4, 0.5) is 5.69 Å². The summed E-state index contributed by atoms with van der Waals surface area (Å²) in [5.41, 5.74) is 10.8. The second-order valence-corrected chi connectivity index (χ2v) is 11.3. The second-order valence-electron chi connectivity index (χ2n) is 11.3. The van der Waals surface area contributed by atoms with Crippen LogP contribution in [0, 0.1) is 0 Å². The Morgan fingerprint density at radius 2 is 1.35 bits per heavy atom. The maximum absolute atomic E-state index is 13.6. The van der Waals surface area contributed by atoms with Crippen molar-refractivity contribution in [2.45, 2.75) is 12.3 Å². The van der Waals surface area contributed by atoms with Crippen molar-refractivity contribution >= 4 is 49.5 Å². The number of aliphatic imine (C=N–C) groups is 1. The number of fused-ring (bicyclic) bond motifs is 6. The van der Waals surface area contributed by atoms with E-state index in [1.165, 1.54) is 11.1 Å². The van der Waals surface area contributed by atoms with Crippen molar-refractivity contribution in [1.29, 1.82) is 0 Å². The van der Waals surface area contributed by atoms with Crippen LogP contribution < -0.4 is 5.56 Å². The Labute approximate surface area is 247 Å². The highest BCUT2D eigenvalue weighted by atomic mass is 16.1. The van der Waals surface area contributed by atoms with E-state index in [2.05, 4.69) is 97.1 Å². The fourth-order valence-electron chi connectivity index (χ4n) is 6.95. The van der Waals surface area contributed by atoms with Gasteiger partial charge in [-0.1, -0.05) is 97.1 Å². The van der Waals surface area contributed by atoms with Crippen LogP contribution in [-0.4, -0.2) is 15.1 Å². The third-order valence-electron chi connectivity index (χ3n) is 9.01.